The molecule has 2 rings (SSSR count). The van der Waals surface area contributed by atoms with E-state index in [1.165, 1.54) is 4.90 Å². The molecule has 0 bridgehead atoms. The SMILES string of the molecule is CCCN1CCN(CC(=O)C2CC2)C(=O)C1=O. The molecule has 0 aromatic heterocycles. The van der Waals surface area contributed by atoms with E-state index in [1.807, 2.05) is 6.92 Å². The lowest BCUT2D eigenvalue weighted by Gasteiger charge is -2.33. The minimum atomic E-state index is -0.515. The Morgan fingerprint density at radius 1 is 1.18 bits per heavy atom. The first-order chi connectivity index (χ1) is 8.13. The summed E-state index contributed by atoms with van der Waals surface area (Å²) in [5, 5.41) is 0. The van der Waals surface area contributed by atoms with Gasteiger partial charge in [-0.05, 0) is 19.3 Å². The molecule has 5 heteroatoms. The quantitative estimate of drug-likeness (QED) is 0.636. The molecule has 1 aliphatic heterocycles. The Morgan fingerprint density at radius 3 is 2.35 bits per heavy atom. The monoisotopic (exact) mass is 238 g/mol. The first-order valence-corrected chi connectivity index (χ1v) is 6.24. The van der Waals surface area contributed by atoms with Crippen molar-refractivity contribution in [3.8, 4) is 0 Å². The molecule has 0 radical (unpaired) electrons. The predicted molar refractivity (Wildman–Crippen MR) is 61.2 cm³/mol. The molecule has 94 valence electrons. The summed E-state index contributed by atoms with van der Waals surface area (Å²) in [4.78, 5) is 38.1. The fourth-order valence-corrected chi connectivity index (χ4v) is 2.07. The molecule has 1 saturated heterocycles. The molecule has 0 spiro atoms. The second kappa shape index (κ2) is 4.85. The van der Waals surface area contributed by atoms with Crippen molar-refractivity contribution in [2.75, 3.05) is 26.2 Å². The molecule has 17 heavy (non-hydrogen) atoms. The number of hydrogen-bond donors (Lipinski definition) is 0. The van der Waals surface area contributed by atoms with Crippen LogP contribution in [0.1, 0.15) is 26.2 Å². The molecule has 0 N–H and O–H groups in total. The highest BCUT2D eigenvalue weighted by atomic mass is 16.2. The summed E-state index contributed by atoms with van der Waals surface area (Å²) in [6, 6.07) is 0. The van der Waals surface area contributed by atoms with E-state index in [0.717, 1.165) is 19.3 Å². The van der Waals surface area contributed by atoms with E-state index < -0.39 is 11.8 Å². The maximum Gasteiger partial charge on any atom is 0.312 e. The Morgan fingerprint density at radius 2 is 1.76 bits per heavy atom. The summed E-state index contributed by atoms with van der Waals surface area (Å²) in [6.07, 6.45) is 2.73. The summed E-state index contributed by atoms with van der Waals surface area (Å²) < 4.78 is 0. The lowest BCUT2D eigenvalue weighted by molar-refractivity contribution is -0.156. The molecule has 5 nitrogen and oxygen atoms in total. The molecule has 1 saturated carbocycles. The van der Waals surface area contributed by atoms with Crippen LogP contribution >= 0.6 is 0 Å². The van der Waals surface area contributed by atoms with Gasteiger partial charge in [-0.3, -0.25) is 14.4 Å². The van der Waals surface area contributed by atoms with E-state index in [2.05, 4.69) is 0 Å². The summed E-state index contributed by atoms with van der Waals surface area (Å²) in [5.41, 5.74) is 0. The van der Waals surface area contributed by atoms with E-state index in [0.29, 0.717) is 19.6 Å². The topological polar surface area (TPSA) is 57.7 Å². The summed E-state index contributed by atoms with van der Waals surface area (Å²) in [5.74, 6) is -0.720. The first kappa shape index (κ1) is 12.1. The molecule has 1 aliphatic carbocycles. The number of Topliss-reactive ketones (excluding diaryl/α,β-unsaturated/α-hetero) is 1. The Hall–Kier alpha value is -1.39. The largest absolute Gasteiger partial charge is 0.333 e. The van der Waals surface area contributed by atoms with Gasteiger partial charge in [-0.15, -0.1) is 0 Å². The van der Waals surface area contributed by atoms with E-state index in [1.54, 1.807) is 4.90 Å². The van der Waals surface area contributed by atoms with Crippen LogP contribution in [0.5, 0.6) is 0 Å². The molecule has 2 aliphatic rings. The van der Waals surface area contributed by atoms with Gasteiger partial charge in [-0.25, -0.2) is 0 Å². The van der Waals surface area contributed by atoms with Gasteiger partial charge >= 0.3 is 11.8 Å². The van der Waals surface area contributed by atoms with Gasteiger partial charge in [-0.2, -0.15) is 0 Å². The van der Waals surface area contributed by atoms with Gasteiger partial charge in [0, 0.05) is 25.6 Å². The van der Waals surface area contributed by atoms with Crippen molar-refractivity contribution < 1.29 is 14.4 Å². The van der Waals surface area contributed by atoms with Crippen molar-refractivity contribution in [1.82, 2.24) is 9.80 Å². The number of rotatable bonds is 5. The molecule has 0 aromatic carbocycles. The van der Waals surface area contributed by atoms with Gasteiger partial charge in [0.1, 0.15) is 0 Å². The van der Waals surface area contributed by atoms with Crippen molar-refractivity contribution in [2.24, 2.45) is 5.92 Å². The summed E-state index contributed by atoms with van der Waals surface area (Å²) in [6.45, 7) is 3.75. The number of ketones is 1. The van der Waals surface area contributed by atoms with Gasteiger partial charge < -0.3 is 9.80 Å². The molecule has 0 unspecified atom stereocenters. The summed E-state index contributed by atoms with van der Waals surface area (Å²) in [7, 11) is 0. The smallest absolute Gasteiger partial charge is 0.312 e. The van der Waals surface area contributed by atoms with Crippen LogP contribution < -0.4 is 0 Å². The molecule has 0 aromatic rings. The molecule has 2 amide bonds. The van der Waals surface area contributed by atoms with Crippen LogP contribution in [0.2, 0.25) is 0 Å². The van der Waals surface area contributed by atoms with Crippen LogP contribution in [0, 0.1) is 5.92 Å². The number of nitrogens with zero attached hydrogens (tertiary/aromatic N) is 2. The minimum absolute atomic E-state index is 0.107. The van der Waals surface area contributed by atoms with E-state index >= 15 is 0 Å². The summed E-state index contributed by atoms with van der Waals surface area (Å²) >= 11 is 0. The molecule has 2 fully saturated rings. The zero-order valence-corrected chi connectivity index (χ0v) is 10.1. The van der Waals surface area contributed by atoms with E-state index in [4.69, 9.17) is 0 Å². The molecule has 1 heterocycles. The van der Waals surface area contributed by atoms with Crippen LogP contribution in [0.15, 0.2) is 0 Å². The Balaban J connectivity index is 1.91. The highest BCUT2D eigenvalue weighted by molar-refractivity contribution is 6.35. The average Bonchev–Trinajstić information content (AvgIpc) is 3.12. The van der Waals surface area contributed by atoms with Crippen LogP contribution in [0.3, 0.4) is 0 Å². The van der Waals surface area contributed by atoms with E-state index in [9.17, 15) is 14.4 Å². The fourth-order valence-electron chi connectivity index (χ4n) is 2.07. The maximum absolute atomic E-state index is 11.8. The fraction of sp³-hybridized carbons (Fsp3) is 0.750. The van der Waals surface area contributed by atoms with Crippen LogP contribution in [-0.4, -0.2) is 53.6 Å². The van der Waals surface area contributed by atoms with Gasteiger partial charge in [0.05, 0.1) is 6.54 Å². The highest BCUT2D eigenvalue weighted by Crippen LogP contribution is 2.30. The van der Waals surface area contributed by atoms with Crippen LogP contribution in [-0.2, 0) is 14.4 Å². The number of carbonyl (C=O) groups is 3. The zero-order valence-electron chi connectivity index (χ0n) is 10.1. The molecular weight excluding hydrogens is 220 g/mol. The maximum atomic E-state index is 11.8. The number of amides is 2. The second-order valence-electron chi connectivity index (χ2n) is 4.76. The third-order valence-corrected chi connectivity index (χ3v) is 3.27. The average molecular weight is 238 g/mol. The van der Waals surface area contributed by atoms with Crippen LogP contribution in [0.25, 0.3) is 0 Å². The lowest BCUT2D eigenvalue weighted by atomic mass is 10.2. The number of carbonyl (C=O) groups excluding carboxylic acids is 3. The van der Waals surface area contributed by atoms with Crippen molar-refractivity contribution in [2.45, 2.75) is 26.2 Å². The first-order valence-electron chi connectivity index (χ1n) is 6.24. The molecule has 0 atom stereocenters. The standard InChI is InChI=1S/C12H18N2O3/c1-2-5-13-6-7-14(12(17)11(13)16)8-10(15)9-3-4-9/h9H,2-8H2,1H3. The van der Waals surface area contributed by atoms with Gasteiger partial charge in [-0.1, -0.05) is 6.92 Å². The third kappa shape index (κ3) is 2.65. The highest BCUT2D eigenvalue weighted by Gasteiger charge is 2.36. The Labute approximate surface area is 101 Å². The Bertz CT molecular complexity index is 350. The van der Waals surface area contributed by atoms with Crippen molar-refractivity contribution in [3.63, 3.8) is 0 Å². The second-order valence-corrected chi connectivity index (χ2v) is 4.76. The van der Waals surface area contributed by atoms with Gasteiger partial charge in [0.2, 0.25) is 0 Å². The van der Waals surface area contributed by atoms with Gasteiger partial charge in [0.25, 0.3) is 0 Å². The third-order valence-electron chi connectivity index (χ3n) is 3.27. The predicted octanol–water partition coefficient (Wildman–Crippen LogP) is 0.0463. The zero-order chi connectivity index (χ0) is 12.4. The van der Waals surface area contributed by atoms with Crippen molar-refractivity contribution in [1.29, 1.82) is 0 Å². The Kier molecular flexibility index (Phi) is 3.45. The van der Waals surface area contributed by atoms with Crippen molar-refractivity contribution >= 4 is 17.6 Å². The number of piperazine rings is 1. The van der Waals surface area contributed by atoms with Crippen molar-refractivity contribution in [3.05, 3.63) is 0 Å². The molecular formula is C12H18N2O3. The number of hydrogen-bond acceptors (Lipinski definition) is 3. The minimum Gasteiger partial charge on any atom is -0.333 e. The van der Waals surface area contributed by atoms with E-state index in [-0.39, 0.29) is 18.2 Å². The normalized spacial score (nSPS) is 21.0. The van der Waals surface area contributed by atoms with Crippen LogP contribution in [0.4, 0.5) is 0 Å². The lowest BCUT2D eigenvalue weighted by Crippen LogP contribution is -2.55. The van der Waals surface area contributed by atoms with Gasteiger partial charge in [0.15, 0.2) is 5.78 Å².